The molecular weight excluding hydrogens is 544 g/mol. The van der Waals surface area contributed by atoms with E-state index in [9.17, 15) is 14.4 Å². The minimum Gasteiger partial charge on any atom is -0.493 e. The van der Waals surface area contributed by atoms with Crippen molar-refractivity contribution in [1.29, 1.82) is 0 Å². The van der Waals surface area contributed by atoms with Crippen LogP contribution in [0.25, 0.3) is 17.2 Å². The van der Waals surface area contributed by atoms with Gasteiger partial charge in [0.25, 0.3) is 5.56 Å². The van der Waals surface area contributed by atoms with E-state index in [1.54, 1.807) is 44.3 Å². The van der Waals surface area contributed by atoms with E-state index in [1.807, 2.05) is 35.3 Å². The lowest BCUT2D eigenvalue weighted by molar-refractivity contribution is -0.127. The molecule has 0 radical (unpaired) electrons. The van der Waals surface area contributed by atoms with Crippen molar-refractivity contribution in [2.45, 2.75) is 6.54 Å². The average Bonchev–Trinajstić information content (AvgIpc) is 3.44. The lowest BCUT2D eigenvalue weighted by atomic mass is 10.2. The number of carbonyl (C=O) groups is 1. The van der Waals surface area contributed by atoms with Crippen molar-refractivity contribution in [3.63, 3.8) is 0 Å². The topological polar surface area (TPSA) is 122 Å². The zero-order valence-electron chi connectivity index (χ0n) is 24.5. The Kier molecular flexibility index (Phi) is 10.7. The molecule has 0 saturated carbocycles. The lowest BCUT2D eigenvalue weighted by Crippen LogP contribution is -2.49. The summed E-state index contributed by atoms with van der Waals surface area (Å²) in [7, 11) is 6.26. The Morgan fingerprint density at radius 2 is 1.76 bits per heavy atom. The van der Waals surface area contributed by atoms with Gasteiger partial charge in [0.05, 0.1) is 26.7 Å². The van der Waals surface area contributed by atoms with Gasteiger partial charge in [0, 0.05) is 66.5 Å². The Bertz CT molecular complexity index is 1550. The van der Waals surface area contributed by atoms with Gasteiger partial charge in [-0.3, -0.25) is 23.6 Å². The number of aryl methyl sites for hydroxylation is 1. The molecule has 1 amide bonds. The van der Waals surface area contributed by atoms with Crippen LogP contribution in [0.15, 0.2) is 52.3 Å². The first-order valence-corrected chi connectivity index (χ1v) is 13.7. The number of allylic oxidation sites excluding steroid dienone is 2. The van der Waals surface area contributed by atoms with E-state index in [0.29, 0.717) is 62.1 Å². The highest BCUT2D eigenvalue weighted by atomic mass is 16.7. The number of piperazine rings is 1. The maximum absolute atomic E-state index is 12.7. The van der Waals surface area contributed by atoms with Crippen molar-refractivity contribution in [1.82, 2.24) is 28.5 Å². The van der Waals surface area contributed by atoms with E-state index in [4.69, 9.17) is 18.9 Å². The molecule has 1 aliphatic rings. The van der Waals surface area contributed by atoms with Gasteiger partial charge in [0.2, 0.25) is 5.91 Å². The van der Waals surface area contributed by atoms with Crippen molar-refractivity contribution < 1.29 is 23.7 Å². The second-order valence-electron chi connectivity index (χ2n) is 9.77. The zero-order chi connectivity index (χ0) is 30.1. The number of fused-ring (bicyclic) bond motifs is 1. The standard InChI is InChI=1S/C29H38N6O7/c1-31-27-26(28(37)32(2)29(31)38)35(20-30-27)16-13-33-11-14-34(15-12-33)25(36)8-6-5-7-22-9-10-23(24(19-22)40-4)42-21-41-18-17-39-3/h5-10,19-20H,11-18,21H2,1-4H3/b7-5+,8-6+. The highest BCUT2D eigenvalue weighted by molar-refractivity contribution is 5.88. The molecule has 226 valence electrons. The van der Waals surface area contributed by atoms with E-state index in [1.165, 1.54) is 11.6 Å². The van der Waals surface area contributed by atoms with Crippen LogP contribution in [0.2, 0.25) is 0 Å². The van der Waals surface area contributed by atoms with Gasteiger partial charge >= 0.3 is 5.69 Å². The number of imidazole rings is 1. The first-order chi connectivity index (χ1) is 20.3. The van der Waals surface area contributed by atoms with Gasteiger partial charge in [0.1, 0.15) is 0 Å². The van der Waals surface area contributed by atoms with Gasteiger partial charge in [-0.05, 0) is 17.7 Å². The molecule has 1 fully saturated rings. The fourth-order valence-corrected chi connectivity index (χ4v) is 4.63. The SMILES string of the molecule is COCCOCOc1ccc(/C=C/C=C/C(=O)N2CCN(CCn3cnc4c3c(=O)n(C)c(=O)n4C)CC2)cc1OC. The molecule has 13 nitrogen and oxygen atoms in total. The Hall–Kier alpha value is -4.20. The quantitative estimate of drug-likeness (QED) is 0.125. The number of amides is 1. The van der Waals surface area contributed by atoms with Crippen molar-refractivity contribution in [2.24, 2.45) is 14.1 Å². The summed E-state index contributed by atoms with van der Waals surface area (Å²) in [5.41, 5.74) is 0.938. The third kappa shape index (κ3) is 7.35. The number of aromatic nitrogens is 4. The molecule has 0 spiro atoms. The second-order valence-corrected chi connectivity index (χ2v) is 9.77. The molecule has 42 heavy (non-hydrogen) atoms. The summed E-state index contributed by atoms with van der Waals surface area (Å²) >= 11 is 0. The van der Waals surface area contributed by atoms with Crippen LogP contribution in [-0.4, -0.2) is 101 Å². The molecule has 0 N–H and O–H groups in total. The summed E-state index contributed by atoms with van der Waals surface area (Å²) in [4.78, 5) is 45.8. The summed E-state index contributed by atoms with van der Waals surface area (Å²) in [5.74, 6) is 1.12. The van der Waals surface area contributed by atoms with Crippen molar-refractivity contribution in [2.75, 3.05) is 67.0 Å². The maximum atomic E-state index is 12.7. The number of hydrogen-bond acceptors (Lipinski definition) is 9. The summed E-state index contributed by atoms with van der Waals surface area (Å²) in [6, 6.07) is 5.55. The van der Waals surface area contributed by atoms with Gasteiger partial charge in [0.15, 0.2) is 29.5 Å². The molecule has 0 unspecified atom stereocenters. The molecule has 13 heteroatoms. The van der Waals surface area contributed by atoms with E-state index in [-0.39, 0.29) is 18.3 Å². The largest absolute Gasteiger partial charge is 0.493 e. The average molecular weight is 583 g/mol. The number of rotatable bonds is 13. The van der Waals surface area contributed by atoms with E-state index in [2.05, 4.69) is 9.88 Å². The molecular formula is C29H38N6O7. The maximum Gasteiger partial charge on any atom is 0.332 e. The summed E-state index contributed by atoms with van der Waals surface area (Å²) in [6.07, 6.45) is 8.59. The predicted octanol–water partition coefficient (Wildman–Crippen LogP) is 0.855. The van der Waals surface area contributed by atoms with Crippen LogP contribution in [0.1, 0.15) is 5.56 Å². The molecule has 3 heterocycles. The van der Waals surface area contributed by atoms with Crippen LogP contribution in [-0.2, 0) is 34.9 Å². The molecule has 3 aromatic rings. The Balaban J connectivity index is 1.23. The molecule has 0 aliphatic carbocycles. The van der Waals surface area contributed by atoms with Gasteiger partial charge in [-0.1, -0.05) is 24.3 Å². The van der Waals surface area contributed by atoms with Gasteiger partial charge in [-0.2, -0.15) is 0 Å². The molecule has 2 aromatic heterocycles. The Morgan fingerprint density at radius 3 is 2.50 bits per heavy atom. The fourth-order valence-electron chi connectivity index (χ4n) is 4.63. The normalized spacial score (nSPS) is 14.4. The molecule has 0 bridgehead atoms. The van der Waals surface area contributed by atoms with Crippen LogP contribution in [0.5, 0.6) is 11.5 Å². The molecule has 1 aliphatic heterocycles. The Morgan fingerprint density at radius 1 is 0.976 bits per heavy atom. The minimum absolute atomic E-state index is 0.0425. The lowest BCUT2D eigenvalue weighted by Gasteiger charge is -2.34. The van der Waals surface area contributed by atoms with E-state index >= 15 is 0 Å². The number of ether oxygens (including phenoxy) is 4. The van der Waals surface area contributed by atoms with Crippen molar-refractivity contribution in [3.05, 3.63) is 69.2 Å². The van der Waals surface area contributed by atoms with Gasteiger partial charge in [-0.25, -0.2) is 9.78 Å². The summed E-state index contributed by atoms with van der Waals surface area (Å²) < 4.78 is 25.6. The fraction of sp³-hybridized carbons (Fsp3) is 0.448. The van der Waals surface area contributed by atoms with Gasteiger partial charge in [-0.15, -0.1) is 0 Å². The number of hydrogen-bond donors (Lipinski definition) is 0. The summed E-state index contributed by atoms with van der Waals surface area (Å²) in [5, 5.41) is 0. The highest BCUT2D eigenvalue weighted by Crippen LogP contribution is 2.28. The highest BCUT2D eigenvalue weighted by Gasteiger charge is 2.20. The third-order valence-electron chi connectivity index (χ3n) is 7.11. The van der Waals surface area contributed by atoms with E-state index in [0.717, 1.165) is 23.2 Å². The first kappa shape index (κ1) is 30.8. The molecule has 1 saturated heterocycles. The molecule has 0 atom stereocenters. The second kappa shape index (κ2) is 14.6. The summed E-state index contributed by atoms with van der Waals surface area (Å²) in [6.45, 7) is 4.97. The monoisotopic (exact) mass is 582 g/mol. The van der Waals surface area contributed by atoms with Crippen LogP contribution in [0, 0.1) is 0 Å². The molecule has 4 rings (SSSR count). The smallest absolute Gasteiger partial charge is 0.332 e. The number of methoxy groups -OCH3 is 2. The first-order valence-electron chi connectivity index (χ1n) is 13.7. The zero-order valence-corrected chi connectivity index (χ0v) is 24.5. The minimum atomic E-state index is -0.399. The van der Waals surface area contributed by atoms with Crippen LogP contribution in [0.3, 0.4) is 0 Å². The number of carbonyl (C=O) groups excluding carboxylic acids is 1. The van der Waals surface area contributed by atoms with Crippen molar-refractivity contribution in [3.8, 4) is 11.5 Å². The van der Waals surface area contributed by atoms with Crippen molar-refractivity contribution >= 4 is 23.1 Å². The number of benzene rings is 1. The Labute approximate surface area is 243 Å². The number of nitrogens with zero attached hydrogens (tertiary/aromatic N) is 6. The van der Waals surface area contributed by atoms with E-state index < -0.39 is 5.69 Å². The van der Waals surface area contributed by atoms with Crippen LogP contribution in [0.4, 0.5) is 0 Å². The van der Waals surface area contributed by atoms with Crippen LogP contribution < -0.4 is 20.7 Å². The third-order valence-corrected chi connectivity index (χ3v) is 7.11. The van der Waals surface area contributed by atoms with Gasteiger partial charge < -0.3 is 28.4 Å². The molecule has 1 aromatic carbocycles. The predicted molar refractivity (Wildman–Crippen MR) is 158 cm³/mol. The van der Waals surface area contributed by atoms with Crippen LogP contribution >= 0.6 is 0 Å².